The van der Waals surface area contributed by atoms with E-state index in [4.69, 9.17) is 14.5 Å². The molecule has 4 heterocycles. The average molecular weight is 589 g/mol. The number of hydrogen-bond acceptors (Lipinski definition) is 9. The number of halogens is 3. The van der Waals surface area contributed by atoms with Crippen molar-refractivity contribution in [1.82, 2.24) is 20.1 Å². The summed E-state index contributed by atoms with van der Waals surface area (Å²) in [5, 5.41) is 22.2. The molecule has 0 aliphatic carbocycles. The van der Waals surface area contributed by atoms with Gasteiger partial charge in [0.2, 0.25) is 11.8 Å². The molecule has 0 unspecified atom stereocenters. The SMILES string of the molecule is COc1nc2c(C)nnc(N[C@H](C)c3cccc(C(F)(F)C(C)(C)O)c3F)c2cc1N1CCN(C(=O)C2COC2)CC1. The van der Waals surface area contributed by atoms with Crippen LogP contribution in [0.2, 0.25) is 0 Å². The molecule has 2 N–H and O–H groups in total. The van der Waals surface area contributed by atoms with Crippen LogP contribution in [0.3, 0.4) is 0 Å². The second-order valence-corrected chi connectivity index (χ2v) is 11.3. The molecule has 2 aliphatic rings. The number of benzene rings is 1. The summed E-state index contributed by atoms with van der Waals surface area (Å²) in [5.41, 5.74) is -1.62. The molecule has 1 amide bonds. The molecule has 0 radical (unpaired) electrons. The van der Waals surface area contributed by atoms with Crippen molar-refractivity contribution < 1.29 is 32.5 Å². The van der Waals surface area contributed by atoms with Crippen LogP contribution in [0.1, 0.15) is 43.6 Å². The number of methoxy groups -OCH3 is 1. The van der Waals surface area contributed by atoms with Crippen molar-refractivity contribution in [2.24, 2.45) is 5.92 Å². The van der Waals surface area contributed by atoms with E-state index in [1.165, 1.54) is 19.2 Å². The lowest BCUT2D eigenvalue weighted by atomic mass is 9.91. The number of anilines is 2. The standard InChI is InChI=1S/C29H35F3N6O4/c1-16(19-7-6-8-21(23(19)30)29(31,32)28(3,4)40)33-25-20-13-22(26(41-5)34-24(20)17(2)35-36-25)37-9-11-38(12-10-37)27(39)18-14-42-15-18/h6-8,13,16,18,40H,9-12,14-15H2,1-5H3,(H,33,36)/t16-/m1/s1. The number of aryl methyl sites for hydroxylation is 1. The summed E-state index contributed by atoms with van der Waals surface area (Å²) >= 11 is 0. The van der Waals surface area contributed by atoms with Gasteiger partial charge in [-0.3, -0.25) is 4.79 Å². The minimum atomic E-state index is -3.82. The first-order chi connectivity index (χ1) is 19.8. The molecule has 3 aromatic rings. The highest BCUT2D eigenvalue weighted by Gasteiger charge is 2.49. The lowest BCUT2D eigenvalue weighted by Gasteiger charge is -2.39. The molecular weight excluding hydrogens is 553 g/mol. The molecule has 0 bridgehead atoms. The lowest BCUT2D eigenvalue weighted by molar-refractivity contribution is -0.170. The summed E-state index contributed by atoms with van der Waals surface area (Å²) < 4.78 is 56.0. The first-order valence-electron chi connectivity index (χ1n) is 13.8. The van der Waals surface area contributed by atoms with Gasteiger partial charge in [-0.05, 0) is 39.8 Å². The van der Waals surface area contributed by atoms with E-state index in [1.807, 2.05) is 11.0 Å². The summed E-state index contributed by atoms with van der Waals surface area (Å²) in [6, 6.07) is 4.78. The molecule has 2 aromatic heterocycles. The van der Waals surface area contributed by atoms with Gasteiger partial charge >= 0.3 is 5.92 Å². The number of carbonyl (C=O) groups excluding carboxylic acids is 1. The fraction of sp³-hybridized carbons (Fsp3) is 0.517. The van der Waals surface area contributed by atoms with Crippen LogP contribution in [0.25, 0.3) is 10.9 Å². The van der Waals surface area contributed by atoms with Crippen LogP contribution in [0.4, 0.5) is 24.7 Å². The molecule has 1 atom stereocenters. The summed E-state index contributed by atoms with van der Waals surface area (Å²) in [6.07, 6.45) is 0. The van der Waals surface area contributed by atoms with Gasteiger partial charge in [-0.2, -0.15) is 13.9 Å². The molecule has 10 nitrogen and oxygen atoms in total. The van der Waals surface area contributed by atoms with Crippen LogP contribution in [0, 0.1) is 18.7 Å². The van der Waals surface area contributed by atoms with Crippen molar-refractivity contribution in [2.45, 2.75) is 45.3 Å². The maximum absolute atomic E-state index is 15.5. The van der Waals surface area contributed by atoms with Crippen LogP contribution in [0.5, 0.6) is 5.88 Å². The number of pyridine rings is 1. The minimum Gasteiger partial charge on any atom is -0.480 e. The Morgan fingerprint density at radius 1 is 1.19 bits per heavy atom. The number of rotatable bonds is 8. The number of nitrogens with one attached hydrogen (secondary N) is 1. The van der Waals surface area contributed by atoms with Gasteiger partial charge in [-0.25, -0.2) is 9.37 Å². The molecule has 13 heteroatoms. The zero-order valence-corrected chi connectivity index (χ0v) is 24.2. The van der Waals surface area contributed by atoms with Crippen LogP contribution in [-0.4, -0.2) is 83.2 Å². The van der Waals surface area contributed by atoms with E-state index in [1.54, 1.807) is 13.8 Å². The predicted molar refractivity (Wildman–Crippen MR) is 150 cm³/mol. The summed E-state index contributed by atoms with van der Waals surface area (Å²) in [7, 11) is 1.53. The van der Waals surface area contributed by atoms with Crippen molar-refractivity contribution in [1.29, 1.82) is 0 Å². The quantitative estimate of drug-likeness (QED) is 0.406. The highest BCUT2D eigenvalue weighted by atomic mass is 19.3. The Hall–Kier alpha value is -3.71. The van der Waals surface area contributed by atoms with Crippen molar-refractivity contribution in [3.05, 3.63) is 46.9 Å². The van der Waals surface area contributed by atoms with Gasteiger partial charge in [0.25, 0.3) is 0 Å². The number of ether oxygens (including phenoxy) is 2. The van der Waals surface area contributed by atoms with E-state index in [0.29, 0.717) is 67.6 Å². The van der Waals surface area contributed by atoms with Crippen molar-refractivity contribution >= 4 is 28.3 Å². The average Bonchev–Trinajstić information content (AvgIpc) is 2.92. The van der Waals surface area contributed by atoms with E-state index in [9.17, 15) is 18.7 Å². The van der Waals surface area contributed by atoms with Gasteiger partial charge in [0.15, 0.2) is 5.82 Å². The van der Waals surface area contributed by atoms with Crippen molar-refractivity contribution in [3.63, 3.8) is 0 Å². The topological polar surface area (TPSA) is 113 Å². The van der Waals surface area contributed by atoms with Crippen LogP contribution >= 0.6 is 0 Å². The number of aliphatic hydroxyl groups is 1. The Morgan fingerprint density at radius 3 is 2.48 bits per heavy atom. The number of nitrogens with zero attached hydrogens (tertiary/aromatic N) is 5. The zero-order chi connectivity index (χ0) is 30.4. The molecule has 1 aromatic carbocycles. The van der Waals surface area contributed by atoms with Gasteiger partial charge in [-0.15, -0.1) is 5.10 Å². The van der Waals surface area contributed by atoms with Gasteiger partial charge in [0.05, 0.1) is 43.5 Å². The Morgan fingerprint density at radius 2 is 1.88 bits per heavy atom. The van der Waals surface area contributed by atoms with Crippen LogP contribution < -0.4 is 15.0 Å². The van der Waals surface area contributed by atoms with E-state index in [0.717, 1.165) is 19.9 Å². The molecule has 0 saturated carbocycles. The molecule has 226 valence electrons. The summed E-state index contributed by atoms with van der Waals surface area (Å²) in [4.78, 5) is 21.3. The third kappa shape index (κ3) is 5.31. The first kappa shape index (κ1) is 29.8. The van der Waals surface area contributed by atoms with Gasteiger partial charge in [0, 0.05) is 37.1 Å². The minimum absolute atomic E-state index is 0.0219. The molecule has 2 aliphatic heterocycles. The smallest absolute Gasteiger partial charge is 0.303 e. The first-order valence-corrected chi connectivity index (χ1v) is 13.8. The number of hydrogen-bond donors (Lipinski definition) is 2. The monoisotopic (exact) mass is 588 g/mol. The number of alkyl halides is 2. The molecule has 0 spiro atoms. The molecule has 2 fully saturated rings. The van der Waals surface area contributed by atoms with Crippen molar-refractivity contribution in [2.75, 3.05) is 56.7 Å². The maximum atomic E-state index is 15.5. The molecular formula is C29H35F3N6O4. The van der Waals surface area contributed by atoms with Gasteiger partial charge in [-0.1, -0.05) is 12.1 Å². The third-order valence-electron chi connectivity index (χ3n) is 7.93. The fourth-order valence-electron chi connectivity index (χ4n) is 5.20. The van der Waals surface area contributed by atoms with Gasteiger partial charge < -0.3 is 29.7 Å². The fourth-order valence-corrected chi connectivity index (χ4v) is 5.20. The van der Waals surface area contributed by atoms with Crippen LogP contribution in [0.15, 0.2) is 24.3 Å². The Bertz CT molecular complexity index is 1490. The van der Waals surface area contributed by atoms with E-state index in [2.05, 4.69) is 20.4 Å². The Labute approximate surface area is 241 Å². The number of carbonyl (C=O) groups is 1. The number of amides is 1. The molecule has 5 rings (SSSR count). The van der Waals surface area contributed by atoms with E-state index >= 15 is 4.39 Å². The number of aromatic nitrogens is 3. The highest BCUT2D eigenvalue weighted by Crippen LogP contribution is 2.42. The van der Waals surface area contributed by atoms with Crippen LogP contribution in [-0.2, 0) is 15.5 Å². The maximum Gasteiger partial charge on any atom is 0.303 e. The number of piperazine rings is 1. The normalized spacial score (nSPS) is 17.3. The zero-order valence-electron chi connectivity index (χ0n) is 24.2. The highest BCUT2D eigenvalue weighted by molar-refractivity contribution is 5.94. The Balaban J connectivity index is 1.45. The second kappa shape index (κ2) is 11.2. The third-order valence-corrected chi connectivity index (χ3v) is 7.93. The second-order valence-electron chi connectivity index (χ2n) is 11.3. The molecule has 42 heavy (non-hydrogen) atoms. The largest absolute Gasteiger partial charge is 0.480 e. The Kier molecular flexibility index (Phi) is 7.92. The van der Waals surface area contributed by atoms with E-state index in [-0.39, 0.29) is 23.2 Å². The lowest BCUT2D eigenvalue weighted by Crippen LogP contribution is -2.53. The predicted octanol–water partition coefficient (Wildman–Crippen LogP) is 3.81. The van der Waals surface area contributed by atoms with Gasteiger partial charge in [0.1, 0.15) is 22.6 Å². The molecule has 2 saturated heterocycles. The summed E-state index contributed by atoms with van der Waals surface area (Å²) in [5.74, 6) is -4.23. The number of fused-ring (bicyclic) bond motifs is 1. The van der Waals surface area contributed by atoms with E-state index < -0.39 is 28.9 Å². The van der Waals surface area contributed by atoms with Crippen molar-refractivity contribution in [3.8, 4) is 5.88 Å². The summed E-state index contributed by atoms with van der Waals surface area (Å²) in [6.45, 7) is 8.39.